The number of carboxylic acids is 4. The zero-order chi connectivity index (χ0) is 61.0. The van der Waals surface area contributed by atoms with Gasteiger partial charge in [-0.15, -0.1) is 0 Å². The van der Waals surface area contributed by atoms with E-state index in [1.165, 1.54) is 9.80 Å². The molecule has 7 aromatic rings. The number of nitrogen functional groups attached to an aromatic ring is 1. The van der Waals surface area contributed by atoms with Crippen LogP contribution in [0.3, 0.4) is 0 Å². The fourth-order valence-corrected chi connectivity index (χ4v) is 11.9. The van der Waals surface area contributed by atoms with Crippen molar-refractivity contribution in [1.82, 2.24) is 24.7 Å². The number of carboxylic acid groups (broad SMARTS) is 4. The summed E-state index contributed by atoms with van der Waals surface area (Å²) in [6.07, 6.45) is -0.540. The molecule has 2 heterocycles. The van der Waals surface area contributed by atoms with E-state index in [9.17, 15) is 58.8 Å². The second-order valence-electron chi connectivity index (χ2n) is 21.2. The molecule has 2 aliphatic carbocycles. The summed E-state index contributed by atoms with van der Waals surface area (Å²) in [7, 11) is 0. The average Bonchev–Trinajstić information content (AvgIpc) is 1.59. The minimum atomic E-state index is -1.45. The Morgan fingerprint density at radius 3 is 1.26 bits per heavy atom. The van der Waals surface area contributed by atoms with Gasteiger partial charge in [0.2, 0.25) is 0 Å². The number of ether oxygens (including phenoxy) is 4. The van der Waals surface area contributed by atoms with E-state index in [1.54, 1.807) is 48.5 Å². The van der Waals surface area contributed by atoms with Crippen molar-refractivity contribution in [2.24, 2.45) is 0 Å². The van der Waals surface area contributed by atoms with Crippen LogP contribution < -0.4 is 5.73 Å². The van der Waals surface area contributed by atoms with E-state index in [0.29, 0.717) is 104 Å². The zero-order valence-electron chi connectivity index (χ0n) is 46.4. The highest BCUT2D eigenvalue weighted by Crippen LogP contribution is 2.54. The van der Waals surface area contributed by atoms with Gasteiger partial charge in [0.15, 0.2) is 0 Å². The number of rotatable bonds is 33. The third-order valence-corrected chi connectivity index (χ3v) is 15.4. The first kappa shape index (κ1) is 60.4. The molecule has 2 aliphatic rings. The molecule has 0 atom stereocenters. The summed E-state index contributed by atoms with van der Waals surface area (Å²) in [4.78, 5) is 111. The van der Waals surface area contributed by atoms with E-state index in [1.807, 2.05) is 84.9 Å². The zero-order valence-corrected chi connectivity index (χ0v) is 46.4. The molecule has 22 heteroatoms. The Kier molecular flexibility index (Phi) is 19.0. The molecule has 86 heavy (non-hydrogen) atoms. The molecule has 0 spiro atoms. The summed E-state index contributed by atoms with van der Waals surface area (Å²) >= 11 is 0. The van der Waals surface area contributed by atoms with E-state index in [2.05, 4.69) is 4.90 Å². The van der Waals surface area contributed by atoms with Crippen LogP contribution in [0.2, 0.25) is 0 Å². The van der Waals surface area contributed by atoms with Crippen LogP contribution in [-0.2, 0) is 101 Å². The summed E-state index contributed by atoms with van der Waals surface area (Å²) in [6, 6.07) is 40.6. The topological polar surface area (TPSA) is 316 Å². The number of hydrogen-bond donors (Lipinski definition) is 5. The Morgan fingerprint density at radius 1 is 0.442 bits per heavy atom. The molecule has 5 aromatic carbocycles. The number of anilines is 1. The lowest BCUT2D eigenvalue weighted by Crippen LogP contribution is -2.36. The van der Waals surface area contributed by atoms with Crippen LogP contribution in [0.25, 0.3) is 44.5 Å². The maximum Gasteiger partial charge on any atom is 0.317 e. The highest BCUT2D eigenvalue weighted by Gasteiger charge is 2.47. The average molecular weight is 1170 g/mol. The number of nitrogens with zero attached hydrogens (tertiary/aromatic N) is 5. The first-order valence-corrected chi connectivity index (χ1v) is 27.1. The Hall–Kier alpha value is -10.2. The summed E-state index contributed by atoms with van der Waals surface area (Å²) in [5.74, 6) is -4.77. The van der Waals surface area contributed by atoms with E-state index in [0.717, 1.165) is 22.3 Å². The van der Waals surface area contributed by atoms with Gasteiger partial charge in [0, 0.05) is 43.8 Å². The van der Waals surface area contributed by atoms with Crippen LogP contribution in [0.15, 0.2) is 133 Å². The molecule has 0 unspecified atom stereocenters. The second kappa shape index (κ2) is 27.0. The van der Waals surface area contributed by atoms with Crippen molar-refractivity contribution in [3.8, 4) is 44.5 Å². The Labute approximate surface area is 493 Å². The van der Waals surface area contributed by atoms with Crippen LogP contribution in [-0.4, -0.2) is 141 Å². The molecule has 0 radical (unpaired) electrons. The SMILES string of the molecule is Nc1ccc(CCN(Cc2cc(-c3ccc4c(c3)C(COC=O)(COC=O)c3ccccc3-4)cc(CN(COC=O)CC(=O)O)n2)Cc2cc(-c3ccc4c(c3)C(CC(=O)O)(CC(=O)O)c3ccccc3-4)cc(CN(COC=O)CC(=O)O)n2)cc1. The monoisotopic (exact) mass is 1170 g/mol. The van der Waals surface area contributed by atoms with Gasteiger partial charge in [0.25, 0.3) is 25.9 Å². The van der Waals surface area contributed by atoms with Crippen LogP contribution in [0.5, 0.6) is 0 Å². The summed E-state index contributed by atoms with van der Waals surface area (Å²) in [5.41, 5.74) is 14.8. The normalized spacial score (nSPS) is 13.0. The van der Waals surface area contributed by atoms with Gasteiger partial charge in [0.05, 0.1) is 54.1 Å². The molecular formula is C64H60N6O16. The number of hydrogen-bond acceptors (Lipinski definition) is 18. The lowest BCUT2D eigenvalue weighted by Gasteiger charge is -2.30. The van der Waals surface area contributed by atoms with E-state index < -0.39 is 60.6 Å². The van der Waals surface area contributed by atoms with E-state index in [4.69, 9.17) is 34.6 Å². The predicted octanol–water partition coefficient (Wildman–Crippen LogP) is 6.50. The van der Waals surface area contributed by atoms with Gasteiger partial charge < -0.3 is 45.1 Å². The summed E-state index contributed by atoms with van der Waals surface area (Å²) in [5, 5.41) is 40.6. The number of aromatic nitrogens is 2. The third kappa shape index (κ3) is 13.7. The van der Waals surface area contributed by atoms with Crippen LogP contribution >= 0.6 is 0 Å². The van der Waals surface area contributed by atoms with Crippen molar-refractivity contribution in [2.45, 2.75) is 56.3 Å². The molecule has 0 fully saturated rings. The smallest absolute Gasteiger partial charge is 0.317 e. The molecule has 6 N–H and O–H groups in total. The van der Waals surface area contributed by atoms with Crippen molar-refractivity contribution in [2.75, 3.05) is 52.0 Å². The molecule has 0 amide bonds. The van der Waals surface area contributed by atoms with Crippen molar-refractivity contribution in [1.29, 1.82) is 0 Å². The fraction of sp³-hybridized carbons (Fsp3) is 0.250. The number of aliphatic carboxylic acids is 4. The van der Waals surface area contributed by atoms with E-state index >= 15 is 0 Å². The number of carbonyl (C=O) groups is 8. The van der Waals surface area contributed by atoms with Crippen molar-refractivity contribution in [3.05, 3.63) is 184 Å². The second-order valence-corrected chi connectivity index (χ2v) is 21.2. The molecule has 22 nitrogen and oxygen atoms in total. The summed E-state index contributed by atoms with van der Waals surface area (Å²) < 4.78 is 21.0. The van der Waals surface area contributed by atoms with Gasteiger partial charge in [-0.3, -0.25) is 63.0 Å². The highest BCUT2D eigenvalue weighted by molar-refractivity contribution is 5.89. The van der Waals surface area contributed by atoms with Gasteiger partial charge in [-0.05, 0) is 127 Å². The van der Waals surface area contributed by atoms with Gasteiger partial charge in [-0.25, -0.2) is 0 Å². The first-order chi connectivity index (χ1) is 41.5. The molecule has 442 valence electrons. The summed E-state index contributed by atoms with van der Waals surface area (Å²) in [6.45, 7) is -0.618. The van der Waals surface area contributed by atoms with Crippen molar-refractivity contribution in [3.63, 3.8) is 0 Å². The largest absolute Gasteiger partial charge is 0.481 e. The van der Waals surface area contributed by atoms with Crippen LogP contribution in [0, 0.1) is 0 Å². The van der Waals surface area contributed by atoms with Gasteiger partial charge >= 0.3 is 23.9 Å². The highest BCUT2D eigenvalue weighted by atomic mass is 16.5. The number of pyridine rings is 2. The lowest BCUT2D eigenvalue weighted by atomic mass is 9.72. The molecule has 2 aromatic heterocycles. The van der Waals surface area contributed by atoms with Crippen molar-refractivity contribution >= 4 is 55.5 Å². The molecule has 9 rings (SSSR count). The minimum Gasteiger partial charge on any atom is -0.481 e. The third-order valence-electron chi connectivity index (χ3n) is 15.4. The fourth-order valence-electron chi connectivity index (χ4n) is 11.9. The minimum absolute atomic E-state index is 0.0905. The Morgan fingerprint density at radius 2 is 0.837 bits per heavy atom. The number of fused-ring (bicyclic) bond motifs is 6. The van der Waals surface area contributed by atoms with Crippen LogP contribution in [0.4, 0.5) is 5.69 Å². The van der Waals surface area contributed by atoms with Gasteiger partial charge in [-0.1, -0.05) is 84.9 Å². The quantitative estimate of drug-likeness (QED) is 0.0127. The van der Waals surface area contributed by atoms with E-state index in [-0.39, 0.29) is 65.8 Å². The Bertz CT molecular complexity index is 3680. The van der Waals surface area contributed by atoms with Gasteiger partial charge in [0.1, 0.15) is 26.7 Å². The van der Waals surface area contributed by atoms with Crippen LogP contribution in [0.1, 0.15) is 63.4 Å². The molecule has 0 bridgehead atoms. The number of benzene rings is 5. The molecular weight excluding hydrogens is 1110 g/mol. The standard InChI is InChI=1S/C64H60N6O16/c65-46-13-9-41(10-14-46)17-18-68(27-47-19-44(21-49(66-47)29-69(31-61(79)80)35-85-39-73)42-11-15-53-51-5-1-3-7-55(51)63(25-59(75)76,26-60(77)78)57(53)23-42)28-48-20-45(22-50(67-48)30-70(32-62(81)82)36-86-40-74)43-12-16-54-52-6-2-4-8-56(52)64(33-83-37-71,34-84-38-72)58(54)24-43/h1-16,19-24,37-40H,17-18,25-36,65H2,(H,75,76)(H,77,78)(H,79,80)(H,81,82). The molecule has 0 saturated carbocycles. The number of carbonyl (C=O) groups excluding carboxylic acids is 4. The maximum absolute atomic E-state index is 12.7. The van der Waals surface area contributed by atoms with Crippen molar-refractivity contribution < 1.29 is 77.7 Å². The lowest BCUT2D eigenvalue weighted by molar-refractivity contribution is -0.144. The van der Waals surface area contributed by atoms with Gasteiger partial charge in [-0.2, -0.15) is 0 Å². The predicted molar refractivity (Wildman–Crippen MR) is 309 cm³/mol. The molecule has 0 aliphatic heterocycles. The molecule has 0 saturated heterocycles. The Balaban J connectivity index is 1.18. The first-order valence-electron chi connectivity index (χ1n) is 27.1. The maximum atomic E-state index is 12.7. The number of nitrogens with two attached hydrogens (primary N) is 1.